The molecule has 0 N–H and O–H groups in total. The number of amides is 1. The molecule has 14 heavy (non-hydrogen) atoms. The van der Waals surface area contributed by atoms with Gasteiger partial charge in [-0.25, -0.2) is 0 Å². The summed E-state index contributed by atoms with van der Waals surface area (Å²) < 4.78 is 0. The van der Waals surface area contributed by atoms with E-state index in [0.717, 1.165) is 18.5 Å². The molecule has 1 aromatic carbocycles. The molecular weight excluding hydrogens is 174 g/mol. The number of hydrogen-bond donors (Lipinski definition) is 0. The molecule has 0 aromatic heterocycles. The molecule has 2 heteroatoms. The van der Waals surface area contributed by atoms with Crippen molar-refractivity contribution in [3.63, 3.8) is 0 Å². The fraction of sp³-hybridized carbons (Fsp3) is 0.250. The summed E-state index contributed by atoms with van der Waals surface area (Å²) in [5, 5.41) is 0. The van der Waals surface area contributed by atoms with E-state index >= 15 is 0 Å². The van der Waals surface area contributed by atoms with Crippen molar-refractivity contribution < 1.29 is 4.79 Å². The summed E-state index contributed by atoms with van der Waals surface area (Å²) in [7, 11) is 0. The Balaban J connectivity index is 1.98. The molecule has 0 radical (unpaired) electrons. The van der Waals surface area contributed by atoms with Gasteiger partial charge in [0.2, 0.25) is 5.91 Å². The van der Waals surface area contributed by atoms with Gasteiger partial charge >= 0.3 is 0 Å². The SMILES string of the molecule is O=C(Cc1ccccc1)N1C=CCC1. The minimum absolute atomic E-state index is 0.185. The van der Waals surface area contributed by atoms with Crippen molar-refractivity contribution in [2.24, 2.45) is 0 Å². The van der Waals surface area contributed by atoms with E-state index in [-0.39, 0.29) is 5.91 Å². The lowest BCUT2D eigenvalue weighted by Gasteiger charge is -2.12. The lowest BCUT2D eigenvalue weighted by molar-refractivity contribution is -0.127. The van der Waals surface area contributed by atoms with Crippen molar-refractivity contribution in [2.45, 2.75) is 12.8 Å². The van der Waals surface area contributed by atoms with Gasteiger partial charge in [-0.1, -0.05) is 36.4 Å². The van der Waals surface area contributed by atoms with Gasteiger partial charge in [-0.2, -0.15) is 0 Å². The smallest absolute Gasteiger partial charge is 0.230 e. The maximum absolute atomic E-state index is 11.7. The van der Waals surface area contributed by atoms with E-state index in [2.05, 4.69) is 0 Å². The van der Waals surface area contributed by atoms with Gasteiger partial charge in [0.15, 0.2) is 0 Å². The molecule has 0 bridgehead atoms. The Morgan fingerprint density at radius 2 is 2.07 bits per heavy atom. The summed E-state index contributed by atoms with van der Waals surface area (Å²) in [6.45, 7) is 0.839. The van der Waals surface area contributed by atoms with Crippen molar-refractivity contribution in [2.75, 3.05) is 6.54 Å². The van der Waals surface area contributed by atoms with Crippen LogP contribution in [-0.4, -0.2) is 17.4 Å². The predicted octanol–water partition coefficient (Wildman–Crippen LogP) is 1.98. The molecule has 1 aliphatic heterocycles. The highest BCUT2D eigenvalue weighted by molar-refractivity contribution is 5.80. The Hall–Kier alpha value is -1.57. The molecule has 0 saturated carbocycles. The van der Waals surface area contributed by atoms with Crippen molar-refractivity contribution in [3.8, 4) is 0 Å². The lowest BCUT2D eigenvalue weighted by atomic mass is 10.1. The molecule has 1 amide bonds. The molecule has 0 fully saturated rings. The molecule has 0 atom stereocenters. The topological polar surface area (TPSA) is 20.3 Å². The molecule has 0 unspecified atom stereocenters. The van der Waals surface area contributed by atoms with Crippen LogP contribution in [0.25, 0.3) is 0 Å². The van der Waals surface area contributed by atoms with Gasteiger partial charge in [0, 0.05) is 12.7 Å². The first kappa shape index (κ1) is 9.00. The van der Waals surface area contributed by atoms with Crippen molar-refractivity contribution >= 4 is 5.91 Å². The van der Waals surface area contributed by atoms with Crippen LogP contribution < -0.4 is 0 Å². The van der Waals surface area contributed by atoms with Gasteiger partial charge in [0.05, 0.1) is 6.42 Å². The van der Waals surface area contributed by atoms with Gasteiger partial charge in [-0.3, -0.25) is 4.79 Å². The zero-order valence-corrected chi connectivity index (χ0v) is 8.02. The summed E-state index contributed by atoms with van der Waals surface area (Å²) in [5.41, 5.74) is 1.08. The van der Waals surface area contributed by atoms with Crippen molar-refractivity contribution in [1.29, 1.82) is 0 Å². The molecule has 1 aliphatic rings. The predicted molar refractivity (Wildman–Crippen MR) is 55.6 cm³/mol. The number of carbonyl (C=O) groups excluding carboxylic acids is 1. The van der Waals surface area contributed by atoms with Crippen molar-refractivity contribution in [3.05, 3.63) is 48.2 Å². The van der Waals surface area contributed by atoms with Gasteiger partial charge in [0.25, 0.3) is 0 Å². The van der Waals surface area contributed by atoms with Gasteiger partial charge < -0.3 is 4.90 Å². The zero-order valence-electron chi connectivity index (χ0n) is 8.02. The Labute approximate surface area is 83.8 Å². The van der Waals surface area contributed by atoms with E-state index in [4.69, 9.17) is 0 Å². The molecule has 2 nitrogen and oxygen atoms in total. The zero-order chi connectivity index (χ0) is 9.80. The second-order valence-corrected chi connectivity index (χ2v) is 3.42. The quantitative estimate of drug-likeness (QED) is 0.693. The summed E-state index contributed by atoms with van der Waals surface area (Å²) in [6.07, 6.45) is 5.40. The van der Waals surface area contributed by atoms with Gasteiger partial charge in [-0.05, 0) is 12.0 Å². The maximum Gasteiger partial charge on any atom is 0.230 e. The third-order valence-electron chi connectivity index (χ3n) is 2.34. The first-order valence-corrected chi connectivity index (χ1v) is 4.86. The average Bonchev–Trinajstić information content (AvgIpc) is 2.72. The normalized spacial score (nSPS) is 14.7. The number of carbonyl (C=O) groups is 1. The fourth-order valence-electron chi connectivity index (χ4n) is 1.57. The third-order valence-corrected chi connectivity index (χ3v) is 2.34. The summed E-state index contributed by atoms with van der Waals surface area (Å²) >= 11 is 0. The Kier molecular flexibility index (Phi) is 2.63. The first-order chi connectivity index (χ1) is 6.86. The van der Waals surface area contributed by atoms with E-state index in [1.54, 1.807) is 4.90 Å². The van der Waals surface area contributed by atoms with Crippen LogP contribution in [0.2, 0.25) is 0 Å². The molecule has 0 spiro atoms. The van der Waals surface area contributed by atoms with Crippen LogP contribution in [0.15, 0.2) is 42.6 Å². The van der Waals surface area contributed by atoms with Crippen LogP contribution in [0.4, 0.5) is 0 Å². The fourth-order valence-corrected chi connectivity index (χ4v) is 1.57. The van der Waals surface area contributed by atoms with E-state index in [0.29, 0.717) is 6.42 Å². The van der Waals surface area contributed by atoms with E-state index in [1.165, 1.54) is 0 Å². The molecule has 0 saturated heterocycles. The number of benzene rings is 1. The second kappa shape index (κ2) is 4.09. The largest absolute Gasteiger partial charge is 0.319 e. The number of hydrogen-bond acceptors (Lipinski definition) is 1. The highest BCUT2D eigenvalue weighted by atomic mass is 16.2. The van der Waals surface area contributed by atoms with Crippen LogP contribution in [0.3, 0.4) is 0 Å². The minimum atomic E-state index is 0.185. The average molecular weight is 187 g/mol. The van der Waals surface area contributed by atoms with E-state index in [9.17, 15) is 4.79 Å². The Morgan fingerprint density at radius 3 is 2.71 bits per heavy atom. The number of rotatable bonds is 2. The minimum Gasteiger partial charge on any atom is -0.319 e. The van der Waals surface area contributed by atoms with E-state index < -0.39 is 0 Å². The summed E-state index contributed by atoms with van der Waals surface area (Å²) in [6, 6.07) is 9.85. The summed E-state index contributed by atoms with van der Waals surface area (Å²) in [5.74, 6) is 0.185. The van der Waals surface area contributed by atoms with E-state index in [1.807, 2.05) is 42.6 Å². The van der Waals surface area contributed by atoms with Crippen molar-refractivity contribution in [1.82, 2.24) is 4.90 Å². The van der Waals surface area contributed by atoms with Crippen LogP contribution in [0, 0.1) is 0 Å². The monoisotopic (exact) mass is 187 g/mol. The first-order valence-electron chi connectivity index (χ1n) is 4.86. The van der Waals surface area contributed by atoms with Crippen LogP contribution in [0.1, 0.15) is 12.0 Å². The molecule has 0 aliphatic carbocycles. The van der Waals surface area contributed by atoms with Crippen LogP contribution >= 0.6 is 0 Å². The standard InChI is InChI=1S/C12H13NO/c14-12(13-8-4-5-9-13)10-11-6-2-1-3-7-11/h1-4,6-8H,5,9-10H2. The molecule has 72 valence electrons. The molecular formula is C12H13NO. The van der Waals surface area contributed by atoms with Gasteiger partial charge in [0.1, 0.15) is 0 Å². The Bertz CT molecular complexity index is 343. The van der Waals surface area contributed by atoms with Crippen LogP contribution in [-0.2, 0) is 11.2 Å². The second-order valence-electron chi connectivity index (χ2n) is 3.42. The van der Waals surface area contributed by atoms with Gasteiger partial charge in [-0.15, -0.1) is 0 Å². The summed E-state index contributed by atoms with van der Waals surface area (Å²) in [4.78, 5) is 13.5. The highest BCUT2D eigenvalue weighted by Gasteiger charge is 2.13. The molecule has 1 aromatic rings. The number of nitrogens with zero attached hydrogens (tertiary/aromatic N) is 1. The molecule has 1 heterocycles. The maximum atomic E-state index is 11.7. The highest BCUT2D eigenvalue weighted by Crippen LogP contribution is 2.08. The Morgan fingerprint density at radius 1 is 1.29 bits per heavy atom. The lowest BCUT2D eigenvalue weighted by Crippen LogP contribution is -2.25. The van der Waals surface area contributed by atoms with Crippen LogP contribution in [0.5, 0.6) is 0 Å². The third kappa shape index (κ3) is 2.02. The molecule has 2 rings (SSSR count).